The summed E-state index contributed by atoms with van der Waals surface area (Å²) < 4.78 is 0. The van der Waals surface area contributed by atoms with Crippen LogP contribution in [0.15, 0.2) is 18.2 Å². The quantitative estimate of drug-likeness (QED) is 0.911. The maximum absolute atomic E-state index is 12.3. The summed E-state index contributed by atoms with van der Waals surface area (Å²) in [6.45, 7) is 7.69. The van der Waals surface area contributed by atoms with Crippen molar-refractivity contribution in [2.75, 3.05) is 31.5 Å². The van der Waals surface area contributed by atoms with Gasteiger partial charge in [0.05, 0.1) is 15.7 Å². The van der Waals surface area contributed by atoms with Gasteiger partial charge in [-0.3, -0.25) is 4.90 Å². The lowest BCUT2D eigenvalue weighted by atomic mass is 10.2. The predicted molar refractivity (Wildman–Crippen MR) is 88.4 cm³/mol. The first-order valence-corrected chi connectivity index (χ1v) is 8.02. The fraction of sp³-hybridized carbons (Fsp3) is 0.533. The van der Waals surface area contributed by atoms with Crippen LogP contribution in [0.25, 0.3) is 0 Å². The minimum absolute atomic E-state index is 0.122. The lowest BCUT2D eigenvalue weighted by molar-refractivity contribution is 0.117. The molecule has 0 spiro atoms. The average molecular weight is 330 g/mol. The van der Waals surface area contributed by atoms with Gasteiger partial charge in [0.15, 0.2) is 0 Å². The number of benzene rings is 1. The lowest BCUT2D eigenvalue weighted by Crippen LogP contribution is -2.52. The van der Waals surface area contributed by atoms with Crippen LogP contribution in [0.2, 0.25) is 10.0 Å². The minimum atomic E-state index is -0.122. The van der Waals surface area contributed by atoms with Gasteiger partial charge in [0.25, 0.3) is 0 Å². The molecule has 0 saturated carbocycles. The van der Waals surface area contributed by atoms with Crippen molar-refractivity contribution >= 4 is 34.9 Å². The van der Waals surface area contributed by atoms with E-state index in [0.717, 1.165) is 32.6 Å². The Hall–Kier alpha value is -0.970. The number of nitrogens with one attached hydrogen (secondary N) is 1. The molecule has 1 aromatic carbocycles. The van der Waals surface area contributed by atoms with Crippen LogP contribution in [0.3, 0.4) is 0 Å². The molecule has 2 amide bonds. The van der Waals surface area contributed by atoms with Crippen LogP contribution in [-0.4, -0.2) is 48.1 Å². The molecule has 1 aromatic rings. The molecule has 1 fully saturated rings. The number of hydrogen-bond donors (Lipinski definition) is 1. The summed E-state index contributed by atoms with van der Waals surface area (Å²) in [5, 5.41) is 3.65. The molecular formula is C15H21Cl2N3O. The van der Waals surface area contributed by atoms with Crippen LogP contribution in [0.4, 0.5) is 10.5 Å². The predicted octanol–water partition coefficient (Wildman–Crippen LogP) is 3.94. The van der Waals surface area contributed by atoms with E-state index >= 15 is 0 Å². The Morgan fingerprint density at radius 1 is 1.29 bits per heavy atom. The largest absolute Gasteiger partial charge is 0.322 e. The number of rotatable bonds is 3. The molecule has 1 saturated heterocycles. The van der Waals surface area contributed by atoms with Crippen molar-refractivity contribution in [3.05, 3.63) is 28.2 Å². The topological polar surface area (TPSA) is 35.6 Å². The van der Waals surface area contributed by atoms with Gasteiger partial charge in [-0.1, -0.05) is 36.2 Å². The van der Waals surface area contributed by atoms with Crippen molar-refractivity contribution in [3.8, 4) is 0 Å². The molecule has 1 heterocycles. The SMILES string of the molecule is CCC(C)N1CCN(C(=O)Nc2cccc(Cl)c2Cl)CC1. The third kappa shape index (κ3) is 4.02. The standard InChI is InChI=1S/C15H21Cl2N3O/c1-3-11(2)19-7-9-20(10-8-19)15(21)18-13-6-4-5-12(16)14(13)17/h4-6,11H,3,7-10H2,1-2H3,(H,18,21). The summed E-state index contributed by atoms with van der Waals surface area (Å²) in [4.78, 5) is 16.5. The number of halogens is 2. The highest BCUT2D eigenvalue weighted by Crippen LogP contribution is 2.29. The van der Waals surface area contributed by atoms with Crippen LogP contribution in [0, 0.1) is 0 Å². The number of carbonyl (C=O) groups excluding carboxylic acids is 1. The molecular weight excluding hydrogens is 309 g/mol. The second kappa shape index (κ2) is 7.34. The molecule has 6 heteroatoms. The van der Waals surface area contributed by atoms with Gasteiger partial charge >= 0.3 is 6.03 Å². The Morgan fingerprint density at radius 2 is 1.95 bits per heavy atom. The summed E-state index contributed by atoms with van der Waals surface area (Å²) in [6.07, 6.45) is 1.13. The van der Waals surface area contributed by atoms with Crippen LogP contribution in [0.5, 0.6) is 0 Å². The van der Waals surface area contributed by atoms with Gasteiger partial charge < -0.3 is 10.2 Å². The second-order valence-corrected chi connectivity index (χ2v) is 6.10. The van der Waals surface area contributed by atoms with E-state index in [1.165, 1.54) is 0 Å². The van der Waals surface area contributed by atoms with E-state index < -0.39 is 0 Å². The van der Waals surface area contributed by atoms with Crippen molar-refractivity contribution in [3.63, 3.8) is 0 Å². The fourth-order valence-electron chi connectivity index (χ4n) is 2.42. The molecule has 0 aromatic heterocycles. The molecule has 0 bridgehead atoms. The van der Waals surface area contributed by atoms with E-state index in [0.29, 0.717) is 21.8 Å². The van der Waals surface area contributed by atoms with E-state index in [1.54, 1.807) is 18.2 Å². The minimum Gasteiger partial charge on any atom is -0.322 e. The normalized spacial score (nSPS) is 17.6. The van der Waals surface area contributed by atoms with Crippen molar-refractivity contribution in [2.24, 2.45) is 0 Å². The first-order valence-electron chi connectivity index (χ1n) is 7.27. The molecule has 2 rings (SSSR count). The highest BCUT2D eigenvalue weighted by molar-refractivity contribution is 6.43. The molecule has 1 unspecified atom stereocenters. The van der Waals surface area contributed by atoms with Gasteiger partial charge in [-0.2, -0.15) is 0 Å². The molecule has 0 aliphatic carbocycles. The molecule has 0 radical (unpaired) electrons. The summed E-state index contributed by atoms with van der Waals surface area (Å²) in [5.41, 5.74) is 0.554. The zero-order valence-corrected chi connectivity index (χ0v) is 13.9. The maximum Gasteiger partial charge on any atom is 0.321 e. The third-order valence-electron chi connectivity index (χ3n) is 4.01. The zero-order chi connectivity index (χ0) is 15.4. The molecule has 1 aliphatic heterocycles. The lowest BCUT2D eigenvalue weighted by Gasteiger charge is -2.37. The average Bonchev–Trinajstić information content (AvgIpc) is 2.51. The monoisotopic (exact) mass is 329 g/mol. The molecule has 1 N–H and O–H groups in total. The van der Waals surface area contributed by atoms with Crippen LogP contribution < -0.4 is 5.32 Å². The number of piperazine rings is 1. The van der Waals surface area contributed by atoms with Gasteiger partial charge in [0.2, 0.25) is 0 Å². The highest BCUT2D eigenvalue weighted by Gasteiger charge is 2.23. The number of amides is 2. The number of hydrogen-bond acceptors (Lipinski definition) is 2. The van der Waals surface area contributed by atoms with Gasteiger partial charge in [0.1, 0.15) is 0 Å². The van der Waals surface area contributed by atoms with Gasteiger partial charge in [-0.25, -0.2) is 4.79 Å². The number of urea groups is 1. The molecule has 4 nitrogen and oxygen atoms in total. The van der Waals surface area contributed by atoms with Crippen LogP contribution in [-0.2, 0) is 0 Å². The molecule has 116 valence electrons. The highest BCUT2D eigenvalue weighted by atomic mass is 35.5. The Bertz CT molecular complexity index is 502. The summed E-state index contributed by atoms with van der Waals surface area (Å²) in [6, 6.07) is 5.66. The van der Waals surface area contributed by atoms with Crippen LogP contribution in [0.1, 0.15) is 20.3 Å². The zero-order valence-electron chi connectivity index (χ0n) is 12.4. The van der Waals surface area contributed by atoms with E-state index in [4.69, 9.17) is 23.2 Å². The van der Waals surface area contributed by atoms with Crippen molar-refractivity contribution in [2.45, 2.75) is 26.3 Å². The first-order chi connectivity index (χ1) is 10.0. The van der Waals surface area contributed by atoms with Gasteiger partial charge in [0, 0.05) is 32.2 Å². The molecule has 1 aliphatic rings. The van der Waals surface area contributed by atoms with Crippen molar-refractivity contribution < 1.29 is 4.79 Å². The number of anilines is 1. The second-order valence-electron chi connectivity index (χ2n) is 5.31. The van der Waals surface area contributed by atoms with Crippen LogP contribution >= 0.6 is 23.2 Å². The molecule has 1 atom stereocenters. The van der Waals surface area contributed by atoms with E-state index in [-0.39, 0.29) is 6.03 Å². The van der Waals surface area contributed by atoms with Gasteiger partial charge in [-0.15, -0.1) is 0 Å². The number of carbonyl (C=O) groups is 1. The Morgan fingerprint density at radius 3 is 2.57 bits per heavy atom. The Kier molecular flexibility index (Phi) is 5.73. The Balaban J connectivity index is 1.92. The maximum atomic E-state index is 12.3. The molecule has 21 heavy (non-hydrogen) atoms. The fourth-order valence-corrected chi connectivity index (χ4v) is 2.77. The Labute approximate surface area is 136 Å². The summed E-state index contributed by atoms with van der Waals surface area (Å²) in [5.74, 6) is 0. The van der Waals surface area contributed by atoms with Gasteiger partial charge in [-0.05, 0) is 25.5 Å². The summed E-state index contributed by atoms with van der Waals surface area (Å²) in [7, 11) is 0. The summed E-state index contributed by atoms with van der Waals surface area (Å²) >= 11 is 12.0. The van der Waals surface area contributed by atoms with Crippen molar-refractivity contribution in [1.29, 1.82) is 0 Å². The van der Waals surface area contributed by atoms with Crippen molar-refractivity contribution in [1.82, 2.24) is 9.80 Å². The third-order valence-corrected chi connectivity index (χ3v) is 4.83. The first kappa shape index (κ1) is 16.4. The smallest absolute Gasteiger partial charge is 0.321 e. The van der Waals surface area contributed by atoms with E-state index in [2.05, 4.69) is 24.1 Å². The number of nitrogens with zero attached hydrogens (tertiary/aromatic N) is 2. The van der Waals surface area contributed by atoms with E-state index in [1.807, 2.05) is 4.90 Å². The van der Waals surface area contributed by atoms with E-state index in [9.17, 15) is 4.79 Å².